The van der Waals surface area contributed by atoms with E-state index in [1.807, 2.05) is 5.32 Å². The molecule has 184 valence electrons. The zero-order chi connectivity index (χ0) is 26.0. The number of hydrogen-bond donors (Lipinski definition) is 2. The first-order chi connectivity index (χ1) is 15.5. The summed E-state index contributed by atoms with van der Waals surface area (Å²) >= 11 is 17.4. The van der Waals surface area contributed by atoms with Crippen molar-refractivity contribution in [2.45, 2.75) is 31.2 Å². The second kappa shape index (κ2) is 10.5. The summed E-state index contributed by atoms with van der Waals surface area (Å²) in [6, 6.07) is 2.96. The number of amides is 2. The van der Waals surface area contributed by atoms with Gasteiger partial charge >= 0.3 is 12.4 Å². The molecule has 2 aromatic rings. The highest BCUT2D eigenvalue weighted by Crippen LogP contribution is 2.41. The van der Waals surface area contributed by atoms with Crippen LogP contribution in [0, 0.1) is 0 Å². The molecule has 0 radical (unpaired) electrons. The molecule has 0 aliphatic rings. The number of nitrogens with two attached hydrogens (primary N) is 1. The second-order valence-electron chi connectivity index (χ2n) is 7.08. The van der Waals surface area contributed by atoms with Crippen LogP contribution < -0.4 is 11.1 Å². The zero-order valence-corrected chi connectivity index (χ0v) is 19.3. The summed E-state index contributed by atoms with van der Waals surface area (Å²) in [4.78, 5) is 23.3. The Bertz CT molecular complexity index is 1110. The molecular formula is C21H15Cl3F6N2O2. The van der Waals surface area contributed by atoms with Crippen molar-refractivity contribution in [2.24, 2.45) is 5.73 Å². The number of primary amides is 1. The Morgan fingerprint density at radius 2 is 1.56 bits per heavy atom. The predicted molar refractivity (Wildman–Crippen MR) is 117 cm³/mol. The molecule has 0 aliphatic heterocycles. The number of carbonyl (C=O) groups is 2. The highest BCUT2D eigenvalue weighted by molar-refractivity contribution is 6.48. The summed E-state index contributed by atoms with van der Waals surface area (Å²) in [5, 5.41) is 1.41. The Morgan fingerprint density at radius 1 is 1.00 bits per heavy atom. The number of alkyl halides is 6. The molecule has 0 spiro atoms. The van der Waals surface area contributed by atoms with Crippen molar-refractivity contribution in [1.29, 1.82) is 0 Å². The number of carbonyl (C=O) groups excluding carboxylic acids is 2. The SMILES string of the molecule is C[C@@H](NC(=O)c1ccc(/C=C/C(c2cc(Cl)c(Cl)c(Cl)c2)C(F)(F)F)cc1C(F)(F)F)C(N)=O. The molecular weight excluding hydrogens is 533 g/mol. The molecule has 2 rings (SSSR count). The Labute approximate surface area is 204 Å². The Hall–Kier alpha value is -2.43. The van der Waals surface area contributed by atoms with Gasteiger partial charge in [0.2, 0.25) is 5.91 Å². The largest absolute Gasteiger partial charge is 0.417 e. The summed E-state index contributed by atoms with van der Waals surface area (Å²) in [5.74, 6) is -4.47. The van der Waals surface area contributed by atoms with Gasteiger partial charge in [-0.1, -0.05) is 53.0 Å². The van der Waals surface area contributed by atoms with Gasteiger partial charge < -0.3 is 11.1 Å². The van der Waals surface area contributed by atoms with Gasteiger partial charge in [-0.25, -0.2) is 0 Å². The standard InChI is InChI=1S/C21H15Cl3F6N2O2/c1-9(18(31)33)32-19(34)12-4-2-10(6-14(12)21(28,29)30)3-5-13(20(25,26)27)11-7-15(22)17(24)16(23)8-11/h2-9,13H,1H3,(H2,31,33)(H,32,34)/b5-3+/t9-,13?/m1/s1. The van der Waals surface area contributed by atoms with Crippen LogP contribution in [0.1, 0.15) is 39.9 Å². The maximum absolute atomic E-state index is 13.7. The summed E-state index contributed by atoms with van der Waals surface area (Å²) in [6.45, 7) is 1.18. The third-order valence-corrected chi connectivity index (χ3v) is 5.76. The minimum atomic E-state index is -5.02. The maximum atomic E-state index is 13.7. The van der Waals surface area contributed by atoms with Gasteiger partial charge in [0.15, 0.2) is 0 Å². The Morgan fingerprint density at radius 3 is 2.03 bits per heavy atom. The molecule has 0 aliphatic carbocycles. The maximum Gasteiger partial charge on any atom is 0.417 e. The first kappa shape index (κ1) is 27.8. The van der Waals surface area contributed by atoms with E-state index < -0.39 is 47.3 Å². The molecule has 13 heteroatoms. The van der Waals surface area contributed by atoms with E-state index in [0.29, 0.717) is 12.1 Å². The first-order valence-electron chi connectivity index (χ1n) is 9.23. The fourth-order valence-corrected chi connectivity index (χ4v) is 3.43. The molecule has 0 bridgehead atoms. The van der Waals surface area contributed by atoms with Crippen molar-refractivity contribution in [3.8, 4) is 0 Å². The average molecular weight is 548 g/mol. The normalized spacial score (nSPS) is 14.2. The monoisotopic (exact) mass is 546 g/mol. The molecule has 2 atom stereocenters. The van der Waals surface area contributed by atoms with Crippen molar-refractivity contribution in [1.82, 2.24) is 5.32 Å². The molecule has 0 fully saturated rings. The lowest BCUT2D eigenvalue weighted by molar-refractivity contribution is -0.139. The van der Waals surface area contributed by atoms with Crippen molar-refractivity contribution >= 4 is 52.7 Å². The van der Waals surface area contributed by atoms with Gasteiger partial charge in [-0.15, -0.1) is 0 Å². The third kappa shape index (κ3) is 6.80. The summed E-state index contributed by atoms with van der Waals surface area (Å²) in [7, 11) is 0. The van der Waals surface area contributed by atoms with Crippen LogP contribution in [-0.2, 0) is 11.0 Å². The minimum Gasteiger partial charge on any atom is -0.368 e. The molecule has 0 heterocycles. The number of benzene rings is 2. The molecule has 3 N–H and O–H groups in total. The number of rotatable bonds is 6. The van der Waals surface area contributed by atoms with E-state index in [1.165, 1.54) is 6.92 Å². The zero-order valence-electron chi connectivity index (χ0n) is 17.0. The molecule has 2 aromatic carbocycles. The third-order valence-electron chi connectivity index (χ3n) is 4.57. The summed E-state index contributed by atoms with van der Waals surface area (Å²) in [5.41, 5.74) is 2.09. The lowest BCUT2D eigenvalue weighted by atomic mass is 9.96. The van der Waals surface area contributed by atoms with Crippen molar-refractivity contribution in [2.75, 3.05) is 0 Å². The lowest BCUT2D eigenvalue weighted by Gasteiger charge is -2.19. The highest BCUT2D eigenvalue weighted by Gasteiger charge is 2.40. The van der Waals surface area contributed by atoms with Crippen LogP contribution in [0.3, 0.4) is 0 Å². The van der Waals surface area contributed by atoms with Crippen molar-refractivity contribution < 1.29 is 35.9 Å². The Kier molecular flexibility index (Phi) is 8.55. The van der Waals surface area contributed by atoms with E-state index >= 15 is 0 Å². The van der Waals surface area contributed by atoms with Gasteiger partial charge in [0, 0.05) is 0 Å². The Balaban J connectivity index is 2.49. The molecule has 34 heavy (non-hydrogen) atoms. The van der Waals surface area contributed by atoms with Crippen LogP contribution in [0.5, 0.6) is 0 Å². The summed E-state index contributed by atoms with van der Waals surface area (Å²) < 4.78 is 81.6. The van der Waals surface area contributed by atoms with Crippen molar-refractivity contribution in [3.05, 3.63) is 73.7 Å². The van der Waals surface area contributed by atoms with E-state index in [2.05, 4.69) is 0 Å². The highest BCUT2D eigenvalue weighted by atomic mass is 35.5. The predicted octanol–water partition coefficient (Wildman–Crippen LogP) is 6.63. The van der Waals surface area contributed by atoms with Gasteiger partial charge in [-0.05, 0) is 42.3 Å². The topological polar surface area (TPSA) is 72.2 Å². The van der Waals surface area contributed by atoms with Crippen LogP contribution in [0.15, 0.2) is 36.4 Å². The van der Waals surface area contributed by atoms with E-state index in [-0.39, 0.29) is 26.2 Å². The van der Waals surface area contributed by atoms with Crippen LogP contribution in [0.2, 0.25) is 15.1 Å². The van der Waals surface area contributed by atoms with Gasteiger partial charge in [-0.2, -0.15) is 26.3 Å². The number of hydrogen-bond acceptors (Lipinski definition) is 2. The fraction of sp³-hybridized carbons (Fsp3) is 0.238. The van der Waals surface area contributed by atoms with E-state index in [0.717, 1.165) is 30.3 Å². The first-order valence-corrected chi connectivity index (χ1v) is 10.4. The molecule has 0 saturated heterocycles. The van der Waals surface area contributed by atoms with Gasteiger partial charge in [-0.3, -0.25) is 9.59 Å². The molecule has 4 nitrogen and oxygen atoms in total. The quantitative estimate of drug-likeness (QED) is 0.315. The fourth-order valence-electron chi connectivity index (χ4n) is 2.81. The second-order valence-corrected chi connectivity index (χ2v) is 8.27. The van der Waals surface area contributed by atoms with E-state index in [4.69, 9.17) is 40.5 Å². The smallest absolute Gasteiger partial charge is 0.368 e. The van der Waals surface area contributed by atoms with Crippen LogP contribution >= 0.6 is 34.8 Å². The summed E-state index contributed by atoms with van der Waals surface area (Å²) in [6.07, 6.45) is -8.42. The number of nitrogens with one attached hydrogen (secondary N) is 1. The molecule has 2 amide bonds. The van der Waals surface area contributed by atoms with Crippen molar-refractivity contribution in [3.63, 3.8) is 0 Å². The van der Waals surface area contributed by atoms with Crippen LogP contribution in [-0.4, -0.2) is 24.0 Å². The van der Waals surface area contributed by atoms with Crippen LogP contribution in [0.4, 0.5) is 26.3 Å². The minimum absolute atomic E-state index is 0.147. The number of allylic oxidation sites excluding steroid dienone is 1. The molecule has 1 unspecified atom stereocenters. The lowest BCUT2D eigenvalue weighted by Crippen LogP contribution is -2.42. The molecule has 0 saturated carbocycles. The van der Waals surface area contributed by atoms with E-state index in [9.17, 15) is 35.9 Å². The number of halogens is 9. The average Bonchev–Trinajstić information content (AvgIpc) is 2.70. The van der Waals surface area contributed by atoms with Gasteiger partial charge in [0.1, 0.15) is 6.04 Å². The van der Waals surface area contributed by atoms with E-state index in [1.54, 1.807) is 0 Å². The van der Waals surface area contributed by atoms with Gasteiger partial charge in [0.05, 0.1) is 32.1 Å². The van der Waals surface area contributed by atoms with Crippen LogP contribution in [0.25, 0.3) is 6.08 Å². The molecule has 0 aromatic heterocycles. The van der Waals surface area contributed by atoms with Gasteiger partial charge in [0.25, 0.3) is 5.91 Å².